The number of ether oxygens (including phenoxy) is 1. The van der Waals surface area contributed by atoms with E-state index in [4.69, 9.17) is 4.74 Å². The Balaban J connectivity index is 1.71. The summed E-state index contributed by atoms with van der Waals surface area (Å²) < 4.78 is 6.78. The summed E-state index contributed by atoms with van der Waals surface area (Å²) >= 11 is 5.64. The lowest BCUT2D eigenvalue weighted by Gasteiger charge is -2.39. The van der Waals surface area contributed by atoms with Gasteiger partial charge >= 0.3 is 0 Å². The smallest absolute Gasteiger partial charge is 0.0475 e. The minimum Gasteiger partial charge on any atom is -0.381 e. The number of halogens is 1. The van der Waals surface area contributed by atoms with Crippen LogP contribution < -0.4 is 5.32 Å². The Kier molecular flexibility index (Phi) is 5.66. The van der Waals surface area contributed by atoms with Crippen molar-refractivity contribution >= 4 is 27.7 Å². The Morgan fingerprint density at radius 1 is 1.14 bits per heavy atom. The second-order valence-corrected chi connectivity index (χ2v) is 8.31. The second-order valence-electron chi connectivity index (χ2n) is 6.17. The Labute approximate surface area is 140 Å². The first-order valence-electron chi connectivity index (χ1n) is 7.93. The van der Waals surface area contributed by atoms with Crippen molar-refractivity contribution in [2.45, 2.75) is 37.1 Å². The lowest BCUT2D eigenvalue weighted by molar-refractivity contribution is 0.0487. The van der Waals surface area contributed by atoms with Gasteiger partial charge in [-0.15, -0.1) is 0 Å². The molecule has 116 valence electrons. The highest BCUT2D eigenvalue weighted by Crippen LogP contribution is 2.35. The van der Waals surface area contributed by atoms with Gasteiger partial charge < -0.3 is 10.1 Å². The molecule has 0 bridgehead atoms. The summed E-state index contributed by atoms with van der Waals surface area (Å²) in [5.41, 5.74) is 1.72. The van der Waals surface area contributed by atoms with Crippen molar-refractivity contribution < 1.29 is 4.74 Å². The summed E-state index contributed by atoms with van der Waals surface area (Å²) in [6.07, 6.45) is 4.89. The fourth-order valence-corrected chi connectivity index (χ4v) is 4.75. The van der Waals surface area contributed by atoms with Gasteiger partial charge in [-0.3, -0.25) is 0 Å². The SMILES string of the molecule is Brc1ccc(C2(CNC3CCSCC3)CCOCC2)cc1. The van der Waals surface area contributed by atoms with Crippen LogP contribution in [0.15, 0.2) is 28.7 Å². The topological polar surface area (TPSA) is 21.3 Å². The maximum absolute atomic E-state index is 5.62. The summed E-state index contributed by atoms with van der Waals surface area (Å²) in [5, 5.41) is 3.86. The van der Waals surface area contributed by atoms with Crippen molar-refractivity contribution in [3.05, 3.63) is 34.3 Å². The van der Waals surface area contributed by atoms with Gasteiger partial charge in [0, 0.05) is 35.7 Å². The van der Waals surface area contributed by atoms with E-state index in [1.54, 1.807) is 0 Å². The van der Waals surface area contributed by atoms with Crippen LogP contribution in [0, 0.1) is 0 Å². The van der Waals surface area contributed by atoms with Gasteiger partial charge in [0.15, 0.2) is 0 Å². The van der Waals surface area contributed by atoms with Crippen LogP contribution in [0.3, 0.4) is 0 Å². The molecule has 0 spiro atoms. The third-order valence-electron chi connectivity index (χ3n) is 4.86. The number of thioether (sulfide) groups is 1. The first-order valence-corrected chi connectivity index (χ1v) is 9.88. The first kappa shape index (κ1) is 15.9. The second kappa shape index (κ2) is 7.49. The summed E-state index contributed by atoms with van der Waals surface area (Å²) in [7, 11) is 0. The molecule has 2 nitrogen and oxygen atoms in total. The Morgan fingerprint density at radius 2 is 1.81 bits per heavy atom. The number of hydrogen-bond acceptors (Lipinski definition) is 3. The number of nitrogens with one attached hydrogen (secondary N) is 1. The quantitative estimate of drug-likeness (QED) is 0.866. The molecule has 2 fully saturated rings. The monoisotopic (exact) mass is 369 g/mol. The molecule has 0 amide bonds. The zero-order valence-electron chi connectivity index (χ0n) is 12.4. The van der Waals surface area contributed by atoms with Crippen molar-refractivity contribution in [3.63, 3.8) is 0 Å². The lowest BCUT2D eigenvalue weighted by atomic mass is 9.74. The molecule has 1 N–H and O–H groups in total. The maximum Gasteiger partial charge on any atom is 0.0475 e. The molecule has 1 aromatic carbocycles. The van der Waals surface area contributed by atoms with E-state index >= 15 is 0 Å². The number of benzene rings is 1. The molecule has 2 aliphatic heterocycles. The summed E-state index contributed by atoms with van der Waals surface area (Å²) in [5.74, 6) is 2.62. The molecule has 1 aromatic rings. The van der Waals surface area contributed by atoms with Gasteiger partial charge in [-0.1, -0.05) is 28.1 Å². The average molecular weight is 370 g/mol. The van der Waals surface area contributed by atoms with Crippen LogP contribution in [0.1, 0.15) is 31.2 Å². The molecular weight excluding hydrogens is 346 g/mol. The zero-order chi connectivity index (χ0) is 14.5. The van der Waals surface area contributed by atoms with Gasteiger partial charge in [0.25, 0.3) is 0 Å². The van der Waals surface area contributed by atoms with Crippen molar-refractivity contribution in [1.29, 1.82) is 0 Å². The van der Waals surface area contributed by atoms with Crippen LogP contribution in [0.5, 0.6) is 0 Å². The zero-order valence-corrected chi connectivity index (χ0v) is 14.8. The van der Waals surface area contributed by atoms with Gasteiger partial charge in [0.2, 0.25) is 0 Å². The van der Waals surface area contributed by atoms with E-state index in [0.29, 0.717) is 6.04 Å². The van der Waals surface area contributed by atoms with Gasteiger partial charge in [0.1, 0.15) is 0 Å². The first-order chi connectivity index (χ1) is 10.3. The molecule has 0 unspecified atom stereocenters. The van der Waals surface area contributed by atoms with E-state index in [1.165, 1.54) is 29.9 Å². The van der Waals surface area contributed by atoms with Gasteiger partial charge in [0.05, 0.1) is 0 Å². The molecule has 4 heteroatoms. The highest BCUT2D eigenvalue weighted by Gasteiger charge is 2.34. The van der Waals surface area contributed by atoms with Crippen molar-refractivity contribution in [1.82, 2.24) is 5.32 Å². The third-order valence-corrected chi connectivity index (χ3v) is 6.43. The van der Waals surface area contributed by atoms with Crippen LogP contribution in [-0.4, -0.2) is 37.3 Å². The molecule has 3 rings (SSSR count). The molecule has 2 heterocycles. The van der Waals surface area contributed by atoms with E-state index in [-0.39, 0.29) is 5.41 Å². The molecule has 2 saturated heterocycles. The van der Waals surface area contributed by atoms with Crippen LogP contribution in [-0.2, 0) is 10.2 Å². The highest BCUT2D eigenvalue weighted by molar-refractivity contribution is 9.10. The predicted octanol–water partition coefficient (Wildman–Crippen LogP) is 3.98. The van der Waals surface area contributed by atoms with Gasteiger partial charge in [-0.2, -0.15) is 11.8 Å². The largest absolute Gasteiger partial charge is 0.381 e. The lowest BCUT2D eigenvalue weighted by Crippen LogP contribution is -2.46. The van der Waals surface area contributed by atoms with Crippen molar-refractivity contribution in [2.75, 3.05) is 31.3 Å². The summed E-state index contributed by atoms with van der Waals surface area (Å²) in [4.78, 5) is 0. The standard InChI is InChI=1S/C17H24BrNOS/c18-15-3-1-14(2-4-15)17(7-9-20-10-8-17)13-19-16-5-11-21-12-6-16/h1-4,16,19H,5-13H2. The van der Waals surface area contributed by atoms with E-state index in [9.17, 15) is 0 Å². The van der Waals surface area contributed by atoms with E-state index in [1.807, 2.05) is 0 Å². The molecule has 21 heavy (non-hydrogen) atoms. The molecule has 0 saturated carbocycles. The fraction of sp³-hybridized carbons (Fsp3) is 0.647. The molecule has 0 aliphatic carbocycles. The van der Waals surface area contributed by atoms with Crippen molar-refractivity contribution in [2.24, 2.45) is 0 Å². The molecule has 0 radical (unpaired) electrons. The molecule has 2 aliphatic rings. The van der Waals surface area contributed by atoms with E-state index in [0.717, 1.165) is 37.1 Å². The summed E-state index contributed by atoms with van der Waals surface area (Å²) in [6, 6.07) is 9.62. The Morgan fingerprint density at radius 3 is 2.48 bits per heavy atom. The number of rotatable bonds is 4. The normalized spacial score (nSPS) is 23.1. The predicted molar refractivity (Wildman–Crippen MR) is 94.2 cm³/mol. The van der Waals surface area contributed by atoms with Crippen LogP contribution in [0.25, 0.3) is 0 Å². The van der Waals surface area contributed by atoms with Gasteiger partial charge in [-0.25, -0.2) is 0 Å². The van der Waals surface area contributed by atoms with Crippen LogP contribution >= 0.6 is 27.7 Å². The molecule has 0 aromatic heterocycles. The molecule has 0 atom stereocenters. The molecular formula is C17H24BrNOS. The van der Waals surface area contributed by atoms with Gasteiger partial charge in [-0.05, 0) is 54.9 Å². The minimum absolute atomic E-state index is 0.254. The van der Waals surface area contributed by atoms with Crippen LogP contribution in [0.2, 0.25) is 0 Å². The highest BCUT2D eigenvalue weighted by atomic mass is 79.9. The Bertz CT molecular complexity index is 439. The van der Waals surface area contributed by atoms with Crippen molar-refractivity contribution in [3.8, 4) is 0 Å². The Hall–Kier alpha value is -0.0300. The van der Waals surface area contributed by atoms with Crippen LogP contribution in [0.4, 0.5) is 0 Å². The number of hydrogen-bond donors (Lipinski definition) is 1. The van der Waals surface area contributed by atoms with E-state index < -0.39 is 0 Å². The minimum atomic E-state index is 0.254. The maximum atomic E-state index is 5.62. The summed E-state index contributed by atoms with van der Waals surface area (Å²) in [6.45, 7) is 2.86. The third kappa shape index (κ3) is 4.04. The average Bonchev–Trinajstić information content (AvgIpc) is 2.55. The van der Waals surface area contributed by atoms with E-state index in [2.05, 4.69) is 57.3 Å². The fourth-order valence-electron chi connectivity index (χ4n) is 3.37.